The van der Waals surface area contributed by atoms with E-state index in [1.165, 1.54) is 12.1 Å². The number of rotatable bonds is 4. The van der Waals surface area contributed by atoms with E-state index >= 15 is 0 Å². The molecule has 0 radical (unpaired) electrons. The van der Waals surface area contributed by atoms with Crippen LogP contribution in [0.3, 0.4) is 0 Å². The molecule has 2 rings (SSSR count). The van der Waals surface area contributed by atoms with Crippen molar-refractivity contribution >= 4 is 12.0 Å². The Morgan fingerprint density at radius 3 is 3.00 bits per heavy atom. The molecule has 0 aromatic heterocycles. The number of aldehydes is 1. The van der Waals surface area contributed by atoms with E-state index in [0.717, 1.165) is 38.3 Å². The van der Waals surface area contributed by atoms with Crippen molar-refractivity contribution in [3.05, 3.63) is 29.6 Å². The van der Waals surface area contributed by atoms with Gasteiger partial charge in [0, 0.05) is 31.5 Å². The molecule has 1 aliphatic heterocycles. The summed E-state index contributed by atoms with van der Waals surface area (Å²) in [5.74, 6) is 0.105. The van der Waals surface area contributed by atoms with Crippen LogP contribution in [0.15, 0.2) is 18.2 Å². The largest absolute Gasteiger partial charge is 0.381 e. The van der Waals surface area contributed by atoms with Crippen molar-refractivity contribution in [2.24, 2.45) is 5.92 Å². The maximum atomic E-state index is 13.3. The van der Waals surface area contributed by atoms with E-state index in [4.69, 9.17) is 4.74 Å². The number of hydrogen-bond acceptors (Lipinski definition) is 3. The maximum absolute atomic E-state index is 13.3. The molecular formula is C14H18FNO2. The first-order valence-electron chi connectivity index (χ1n) is 6.23. The van der Waals surface area contributed by atoms with Crippen LogP contribution in [-0.4, -0.2) is 33.1 Å². The Labute approximate surface area is 107 Å². The summed E-state index contributed by atoms with van der Waals surface area (Å²) in [7, 11) is 1.91. The average molecular weight is 251 g/mol. The molecule has 1 unspecified atom stereocenters. The second kappa shape index (κ2) is 5.96. The normalized spacial score (nSPS) is 19.6. The topological polar surface area (TPSA) is 29.5 Å². The summed E-state index contributed by atoms with van der Waals surface area (Å²) in [5, 5.41) is 0. The molecule has 18 heavy (non-hydrogen) atoms. The van der Waals surface area contributed by atoms with Gasteiger partial charge in [-0.05, 0) is 37.0 Å². The maximum Gasteiger partial charge on any atom is 0.150 e. The molecule has 0 N–H and O–H groups in total. The summed E-state index contributed by atoms with van der Waals surface area (Å²) >= 11 is 0. The molecule has 1 fully saturated rings. The van der Waals surface area contributed by atoms with Crippen LogP contribution in [0.1, 0.15) is 23.2 Å². The minimum Gasteiger partial charge on any atom is -0.381 e. The van der Waals surface area contributed by atoms with Crippen molar-refractivity contribution in [1.29, 1.82) is 0 Å². The van der Waals surface area contributed by atoms with Gasteiger partial charge in [0.25, 0.3) is 0 Å². The van der Waals surface area contributed by atoms with E-state index in [0.29, 0.717) is 17.8 Å². The minimum atomic E-state index is -0.374. The lowest BCUT2D eigenvalue weighted by atomic mass is 10.0. The predicted molar refractivity (Wildman–Crippen MR) is 68.6 cm³/mol. The van der Waals surface area contributed by atoms with Gasteiger partial charge in [-0.2, -0.15) is 0 Å². The van der Waals surface area contributed by atoms with E-state index < -0.39 is 0 Å². The van der Waals surface area contributed by atoms with Crippen LogP contribution >= 0.6 is 0 Å². The van der Waals surface area contributed by atoms with Gasteiger partial charge in [0.2, 0.25) is 0 Å². The molecule has 0 spiro atoms. The fraction of sp³-hybridized carbons (Fsp3) is 0.500. The summed E-state index contributed by atoms with van der Waals surface area (Å²) in [6.45, 7) is 2.43. The molecule has 1 aliphatic rings. The first kappa shape index (κ1) is 13.0. The second-order valence-corrected chi connectivity index (χ2v) is 4.82. The first-order chi connectivity index (χ1) is 8.69. The fourth-order valence-corrected chi connectivity index (χ4v) is 2.33. The van der Waals surface area contributed by atoms with Crippen molar-refractivity contribution in [2.75, 3.05) is 31.7 Å². The zero-order valence-corrected chi connectivity index (χ0v) is 10.6. The van der Waals surface area contributed by atoms with Crippen LogP contribution in [0.5, 0.6) is 0 Å². The molecule has 1 saturated heterocycles. The third-order valence-corrected chi connectivity index (χ3v) is 3.27. The molecule has 98 valence electrons. The van der Waals surface area contributed by atoms with E-state index in [2.05, 4.69) is 0 Å². The van der Waals surface area contributed by atoms with Gasteiger partial charge >= 0.3 is 0 Å². The summed E-state index contributed by atoms with van der Waals surface area (Å²) in [6, 6.07) is 4.41. The monoisotopic (exact) mass is 251 g/mol. The number of hydrogen-bond donors (Lipinski definition) is 0. The summed E-state index contributed by atoms with van der Waals surface area (Å²) < 4.78 is 18.8. The van der Waals surface area contributed by atoms with Gasteiger partial charge in [0.15, 0.2) is 0 Å². The number of halogens is 1. The van der Waals surface area contributed by atoms with Crippen LogP contribution in [0.25, 0.3) is 0 Å². The van der Waals surface area contributed by atoms with Crippen molar-refractivity contribution in [2.45, 2.75) is 12.8 Å². The molecule has 1 heterocycles. The smallest absolute Gasteiger partial charge is 0.150 e. The standard InChI is InChI=1S/C14H18FNO2/c1-16(8-11-3-2-4-18-10-11)14-6-12(9-17)5-13(15)7-14/h5-7,9,11H,2-4,8,10H2,1H3. The Bertz CT molecular complexity index is 416. The lowest BCUT2D eigenvalue weighted by Crippen LogP contribution is -2.30. The molecule has 0 saturated carbocycles. The molecule has 1 atom stereocenters. The highest BCUT2D eigenvalue weighted by molar-refractivity contribution is 5.77. The van der Waals surface area contributed by atoms with E-state index in [-0.39, 0.29) is 5.82 Å². The van der Waals surface area contributed by atoms with Gasteiger partial charge in [-0.15, -0.1) is 0 Å². The summed E-state index contributed by atoms with van der Waals surface area (Å²) in [6.07, 6.45) is 2.89. The SMILES string of the molecule is CN(CC1CCCOC1)c1cc(F)cc(C=O)c1. The Kier molecular flexibility index (Phi) is 4.31. The van der Waals surface area contributed by atoms with E-state index in [1.807, 2.05) is 11.9 Å². The third kappa shape index (κ3) is 3.29. The third-order valence-electron chi connectivity index (χ3n) is 3.27. The Hall–Kier alpha value is -1.42. The number of carbonyl (C=O) groups is 1. The van der Waals surface area contributed by atoms with Crippen molar-refractivity contribution in [3.8, 4) is 0 Å². The molecule has 0 amide bonds. The van der Waals surface area contributed by atoms with Gasteiger partial charge in [0.05, 0.1) is 6.61 Å². The van der Waals surface area contributed by atoms with Crippen LogP contribution in [0.4, 0.5) is 10.1 Å². The lowest BCUT2D eigenvalue weighted by Gasteiger charge is -2.28. The average Bonchev–Trinajstić information content (AvgIpc) is 2.39. The van der Waals surface area contributed by atoms with Crippen LogP contribution in [-0.2, 0) is 4.74 Å². The van der Waals surface area contributed by atoms with E-state index in [1.54, 1.807) is 6.07 Å². The second-order valence-electron chi connectivity index (χ2n) is 4.82. The molecule has 0 aliphatic carbocycles. The number of ether oxygens (including phenoxy) is 1. The first-order valence-corrected chi connectivity index (χ1v) is 6.23. The van der Waals surface area contributed by atoms with Crippen molar-refractivity contribution in [3.63, 3.8) is 0 Å². The summed E-state index contributed by atoms with van der Waals surface area (Å²) in [5.41, 5.74) is 1.11. The number of anilines is 1. The summed E-state index contributed by atoms with van der Waals surface area (Å²) in [4.78, 5) is 12.7. The minimum absolute atomic E-state index is 0.372. The Morgan fingerprint density at radius 2 is 2.33 bits per heavy atom. The predicted octanol–water partition coefficient (Wildman–Crippen LogP) is 2.50. The highest BCUT2D eigenvalue weighted by Crippen LogP contribution is 2.21. The number of carbonyl (C=O) groups excluding carboxylic acids is 1. The molecule has 1 aromatic carbocycles. The highest BCUT2D eigenvalue weighted by atomic mass is 19.1. The number of nitrogens with zero attached hydrogens (tertiary/aromatic N) is 1. The molecule has 3 nitrogen and oxygen atoms in total. The molecular weight excluding hydrogens is 233 g/mol. The van der Waals surface area contributed by atoms with Crippen LogP contribution in [0, 0.1) is 11.7 Å². The Morgan fingerprint density at radius 1 is 1.50 bits per heavy atom. The lowest BCUT2D eigenvalue weighted by molar-refractivity contribution is 0.0576. The van der Waals surface area contributed by atoms with Crippen LogP contribution < -0.4 is 4.90 Å². The van der Waals surface area contributed by atoms with Crippen LogP contribution in [0.2, 0.25) is 0 Å². The molecule has 4 heteroatoms. The molecule has 0 bridgehead atoms. The van der Waals surface area contributed by atoms with Gasteiger partial charge in [-0.25, -0.2) is 4.39 Å². The zero-order chi connectivity index (χ0) is 13.0. The van der Waals surface area contributed by atoms with E-state index in [9.17, 15) is 9.18 Å². The zero-order valence-electron chi connectivity index (χ0n) is 10.6. The van der Waals surface area contributed by atoms with Gasteiger partial charge in [-0.1, -0.05) is 0 Å². The van der Waals surface area contributed by atoms with Gasteiger partial charge in [0.1, 0.15) is 12.1 Å². The van der Waals surface area contributed by atoms with Gasteiger partial charge < -0.3 is 9.64 Å². The highest BCUT2D eigenvalue weighted by Gasteiger charge is 2.16. The quantitative estimate of drug-likeness (QED) is 0.770. The Balaban J connectivity index is 2.05. The number of benzene rings is 1. The van der Waals surface area contributed by atoms with Crippen molar-refractivity contribution < 1.29 is 13.9 Å². The fourth-order valence-electron chi connectivity index (χ4n) is 2.33. The molecule has 1 aromatic rings. The van der Waals surface area contributed by atoms with Crippen molar-refractivity contribution in [1.82, 2.24) is 0 Å². The van der Waals surface area contributed by atoms with Gasteiger partial charge in [-0.3, -0.25) is 4.79 Å².